The largest absolute Gasteiger partial charge is 0.388 e. The lowest BCUT2D eigenvalue weighted by Crippen LogP contribution is -2.49. The molecular weight excluding hydrogens is 504 g/mol. The number of nitrogens with zero attached hydrogens (tertiary/aromatic N) is 8. The lowest BCUT2D eigenvalue weighted by atomic mass is 10.0. The van der Waals surface area contributed by atoms with Crippen molar-refractivity contribution in [2.75, 3.05) is 31.1 Å². The van der Waals surface area contributed by atoms with Crippen LogP contribution in [0.3, 0.4) is 0 Å². The van der Waals surface area contributed by atoms with E-state index < -0.39 is 6.10 Å². The van der Waals surface area contributed by atoms with Crippen LogP contribution in [0.4, 0.5) is 5.82 Å². The van der Waals surface area contributed by atoms with Gasteiger partial charge in [0.05, 0.1) is 36.0 Å². The minimum absolute atomic E-state index is 0.0501. The van der Waals surface area contributed by atoms with Crippen molar-refractivity contribution in [3.05, 3.63) is 90.6 Å². The first-order chi connectivity index (χ1) is 19.5. The fraction of sp³-hybridized carbons (Fsp3) is 0.233. The summed E-state index contributed by atoms with van der Waals surface area (Å²) in [5, 5.41) is 28.8. The molecule has 0 aliphatic carbocycles. The lowest BCUT2D eigenvalue weighted by molar-refractivity contribution is -0.133. The number of aromatic nitrogens is 5. The van der Waals surface area contributed by atoms with Crippen LogP contribution >= 0.6 is 0 Å². The molecule has 200 valence electrons. The molecule has 4 aromatic heterocycles. The summed E-state index contributed by atoms with van der Waals surface area (Å²) in [5.74, 6) is 0.777. The predicted molar refractivity (Wildman–Crippen MR) is 150 cm³/mol. The quantitative estimate of drug-likeness (QED) is 0.356. The van der Waals surface area contributed by atoms with Crippen molar-refractivity contribution in [2.24, 2.45) is 7.05 Å². The highest BCUT2D eigenvalue weighted by molar-refractivity contribution is 5.87. The van der Waals surface area contributed by atoms with Gasteiger partial charge >= 0.3 is 0 Å². The summed E-state index contributed by atoms with van der Waals surface area (Å²) in [5.41, 5.74) is 5.60. The molecule has 1 N–H and O–H groups in total. The van der Waals surface area contributed by atoms with Gasteiger partial charge in [-0.1, -0.05) is 30.3 Å². The maximum absolute atomic E-state index is 12.8. The SMILES string of the molecule is Cn1cc(-c2cc(-c3ccc(N4CCN(C(=O)C[C@H](O)c5ccccc5)CC4)nc3)c3c(C#N)cnn3c2)cn1. The maximum atomic E-state index is 12.8. The van der Waals surface area contributed by atoms with E-state index in [2.05, 4.69) is 21.2 Å². The van der Waals surface area contributed by atoms with Gasteiger partial charge in [0.1, 0.15) is 11.9 Å². The fourth-order valence-corrected chi connectivity index (χ4v) is 5.16. The van der Waals surface area contributed by atoms with E-state index in [-0.39, 0.29) is 12.3 Å². The standard InChI is InChI=1S/C30H28N8O2/c1-35-19-25(18-33-35)23-13-26(30-24(15-31)17-34-38(30)20-23)22-7-8-28(32-16-22)36-9-11-37(12-10-36)29(40)14-27(39)21-5-3-2-4-6-21/h2-8,13,16-20,27,39H,9-12,14H2,1H3/t27-/m0/s1. The number of piperazine rings is 1. The van der Waals surface area contributed by atoms with E-state index in [4.69, 9.17) is 4.98 Å². The Morgan fingerprint density at radius 2 is 1.77 bits per heavy atom. The second-order valence-electron chi connectivity index (χ2n) is 9.91. The minimum Gasteiger partial charge on any atom is -0.388 e. The first kappa shape index (κ1) is 25.3. The Morgan fingerprint density at radius 3 is 2.45 bits per heavy atom. The summed E-state index contributed by atoms with van der Waals surface area (Å²) in [6, 6.07) is 17.5. The Kier molecular flexibility index (Phi) is 6.72. The van der Waals surface area contributed by atoms with Gasteiger partial charge in [-0.15, -0.1) is 0 Å². The first-order valence-corrected chi connectivity index (χ1v) is 13.1. The van der Waals surface area contributed by atoms with Gasteiger partial charge in [0.15, 0.2) is 0 Å². The van der Waals surface area contributed by atoms with Gasteiger partial charge < -0.3 is 14.9 Å². The number of rotatable bonds is 6. The van der Waals surface area contributed by atoms with E-state index in [1.165, 1.54) is 0 Å². The molecule has 1 aromatic carbocycles. The molecule has 40 heavy (non-hydrogen) atoms. The monoisotopic (exact) mass is 532 g/mol. The molecule has 0 unspecified atom stereocenters. The molecular formula is C30H28N8O2. The number of pyridine rings is 2. The molecule has 0 spiro atoms. The molecule has 1 aliphatic heterocycles. The molecule has 6 rings (SSSR count). The maximum Gasteiger partial charge on any atom is 0.225 e. The normalized spacial score (nSPS) is 14.3. The molecule has 0 bridgehead atoms. The van der Waals surface area contributed by atoms with Crippen molar-refractivity contribution in [1.29, 1.82) is 5.26 Å². The van der Waals surface area contributed by atoms with Crippen molar-refractivity contribution in [2.45, 2.75) is 12.5 Å². The Labute approximate surface area is 231 Å². The number of aliphatic hydroxyl groups excluding tert-OH is 1. The van der Waals surface area contributed by atoms with Crippen LogP contribution in [-0.2, 0) is 11.8 Å². The van der Waals surface area contributed by atoms with Crippen LogP contribution < -0.4 is 4.90 Å². The summed E-state index contributed by atoms with van der Waals surface area (Å²) in [6.45, 7) is 2.45. The van der Waals surface area contributed by atoms with Crippen LogP contribution in [0.5, 0.6) is 0 Å². The Bertz CT molecular complexity index is 1690. The van der Waals surface area contributed by atoms with Crippen molar-refractivity contribution < 1.29 is 9.90 Å². The van der Waals surface area contributed by atoms with E-state index in [0.717, 1.165) is 39.2 Å². The van der Waals surface area contributed by atoms with Crippen LogP contribution in [0.25, 0.3) is 27.8 Å². The molecule has 5 heterocycles. The average molecular weight is 533 g/mol. The topological polar surface area (TPSA) is 116 Å². The number of hydrogen-bond donors (Lipinski definition) is 1. The fourth-order valence-electron chi connectivity index (χ4n) is 5.16. The van der Waals surface area contributed by atoms with E-state index in [1.54, 1.807) is 26.5 Å². The highest BCUT2D eigenvalue weighted by atomic mass is 16.3. The smallest absolute Gasteiger partial charge is 0.225 e. The summed E-state index contributed by atoms with van der Waals surface area (Å²) in [4.78, 5) is 21.5. The Hall–Kier alpha value is -5.01. The highest BCUT2D eigenvalue weighted by Gasteiger charge is 2.24. The van der Waals surface area contributed by atoms with Crippen molar-refractivity contribution >= 4 is 17.2 Å². The molecule has 0 radical (unpaired) electrons. The van der Waals surface area contributed by atoms with Crippen LogP contribution in [-0.4, -0.2) is 66.5 Å². The van der Waals surface area contributed by atoms with Crippen molar-refractivity contribution in [3.63, 3.8) is 0 Å². The van der Waals surface area contributed by atoms with Gasteiger partial charge in [0, 0.05) is 74.1 Å². The third-order valence-corrected chi connectivity index (χ3v) is 7.34. The van der Waals surface area contributed by atoms with E-state index in [0.29, 0.717) is 31.7 Å². The van der Waals surface area contributed by atoms with Crippen LogP contribution in [0.1, 0.15) is 23.7 Å². The number of benzene rings is 1. The number of aryl methyl sites for hydroxylation is 1. The van der Waals surface area contributed by atoms with E-state index in [9.17, 15) is 15.2 Å². The summed E-state index contributed by atoms with van der Waals surface area (Å²) in [6.07, 6.45) is 8.30. The highest BCUT2D eigenvalue weighted by Crippen LogP contribution is 2.32. The number of carbonyl (C=O) groups is 1. The number of carbonyl (C=O) groups excluding carboxylic acids is 1. The molecule has 0 saturated carbocycles. The van der Waals surface area contributed by atoms with E-state index in [1.807, 2.05) is 74.2 Å². The molecule has 1 atom stereocenters. The molecule has 10 nitrogen and oxygen atoms in total. The number of anilines is 1. The van der Waals surface area contributed by atoms with E-state index >= 15 is 0 Å². The summed E-state index contributed by atoms with van der Waals surface area (Å²) < 4.78 is 3.48. The van der Waals surface area contributed by atoms with Crippen LogP contribution in [0.2, 0.25) is 0 Å². The van der Waals surface area contributed by atoms with Crippen LogP contribution in [0.15, 0.2) is 79.5 Å². The molecule has 1 saturated heterocycles. The average Bonchev–Trinajstić information content (AvgIpc) is 3.63. The van der Waals surface area contributed by atoms with Gasteiger partial charge in [-0.3, -0.25) is 9.48 Å². The van der Waals surface area contributed by atoms with Gasteiger partial charge in [-0.25, -0.2) is 9.50 Å². The minimum atomic E-state index is -0.804. The first-order valence-electron chi connectivity index (χ1n) is 13.1. The number of amides is 1. The zero-order valence-electron chi connectivity index (χ0n) is 22.1. The zero-order valence-corrected chi connectivity index (χ0v) is 22.1. The second-order valence-corrected chi connectivity index (χ2v) is 9.91. The Morgan fingerprint density at radius 1 is 0.975 bits per heavy atom. The number of fused-ring (bicyclic) bond motifs is 1. The van der Waals surface area contributed by atoms with Crippen molar-refractivity contribution in [1.82, 2.24) is 29.3 Å². The number of hydrogen-bond acceptors (Lipinski definition) is 7. The van der Waals surface area contributed by atoms with Gasteiger partial charge in [0.25, 0.3) is 0 Å². The molecule has 5 aromatic rings. The molecule has 10 heteroatoms. The third kappa shape index (κ3) is 4.90. The summed E-state index contributed by atoms with van der Waals surface area (Å²) in [7, 11) is 1.87. The molecule has 1 amide bonds. The van der Waals surface area contributed by atoms with Gasteiger partial charge in [-0.2, -0.15) is 15.5 Å². The molecule has 1 fully saturated rings. The van der Waals surface area contributed by atoms with Crippen LogP contribution in [0, 0.1) is 11.3 Å². The van der Waals surface area contributed by atoms with Gasteiger partial charge in [-0.05, 0) is 23.8 Å². The predicted octanol–water partition coefficient (Wildman–Crippen LogP) is 3.44. The number of nitriles is 1. The van der Waals surface area contributed by atoms with Crippen molar-refractivity contribution in [3.8, 4) is 28.3 Å². The lowest BCUT2D eigenvalue weighted by Gasteiger charge is -2.35. The number of aliphatic hydroxyl groups is 1. The third-order valence-electron chi connectivity index (χ3n) is 7.34. The Balaban J connectivity index is 1.18. The second kappa shape index (κ2) is 10.6. The summed E-state index contributed by atoms with van der Waals surface area (Å²) >= 11 is 0. The zero-order chi connectivity index (χ0) is 27.6. The molecule has 1 aliphatic rings. The van der Waals surface area contributed by atoms with Gasteiger partial charge in [0.2, 0.25) is 5.91 Å².